The highest BCUT2D eigenvalue weighted by Gasteiger charge is 2.46. The number of carbonyl (C=O) groups is 2. The molecular formula is C31H27N3O6. The molecule has 0 aliphatic carbocycles. The first-order chi connectivity index (χ1) is 19.6. The number of ether oxygens (including phenoxy) is 3. The molecule has 6 rings (SSSR count). The second-order valence-electron chi connectivity index (χ2n) is 9.49. The minimum Gasteiger partial charge on any atom is -0.507 e. The number of amides is 1. The number of imidazole rings is 1. The number of hydrogen-bond donors (Lipinski definition) is 1. The molecule has 0 saturated carbocycles. The summed E-state index contributed by atoms with van der Waals surface area (Å²) in [7, 11) is 0. The van der Waals surface area contributed by atoms with Crippen LogP contribution in [-0.2, 0) is 16.1 Å². The Kier molecular flexibility index (Phi) is 6.93. The van der Waals surface area contributed by atoms with Crippen LogP contribution in [0.25, 0.3) is 5.76 Å². The molecule has 4 aromatic rings. The Hall–Kier alpha value is -5.05. The average Bonchev–Trinajstić information content (AvgIpc) is 3.59. The minimum absolute atomic E-state index is 0.0150. The molecule has 202 valence electrons. The molecule has 3 aromatic carbocycles. The Balaban J connectivity index is 1.38. The molecule has 2 aliphatic rings. The predicted molar refractivity (Wildman–Crippen MR) is 146 cm³/mol. The van der Waals surface area contributed by atoms with Crippen molar-refractivity contribution in [2.75, 3.05) is 19.8 Å². The number of rotatable bonds is 8. The van der Waals surface area contributed by atoms with Crippen LogP contribution in [0.3, 0.4) is 0 Å². The Morgan fingerprint density at radius 2 is 1.73 bits per heavy atom. The van der Waals surface area contributed by atoms with Gasteiger partial charge in [0.25, 0.3) is 11.7 Å². The van der Waals surface area contributed by atoms with Crippen LogP contribution in [0, 0.1) is 0 Å². The van der Waals surface area contributed by atoms with Crippen LogP contribution in [-0.4, -0.2) is 51.0 Å². The van der Waals surface area contributed by atoms with Crippen LogP contribution in [0.15, 0.2) is 97.1 Å². The summed E-state index contributed by atoms with van der Waals surface area (Å²) in [5, 5.41) is 11.5. The van der Waals surface area contributed by atoms with Crippen LogP contribution in [0.1, 0.15) is 23.6 Å². The third kappa shape index (κ3) is 5.01. The number of ketones is 1. The molecule has 0 spiro atoms. The van der Waals surface area contributed by atoms with Crippen LogP contribution >= 0.6 is 0 Å². The van der Waals surface area contributed by atoms with Crippen LogP contribution in [0.5, 0.6) is 23.0 Å². The number of Topliss-reactive ketones (excluding diaryl/α,β-unsaturated/α-hetero) is 1. The molecule has 9 nitrogen and oxygen atoms in total. The van der Waals surface area contributed by atoms with E-state index in [2.05, 4.69) is 4.98 Å². The van der Waals surface area contributed by atoms with E-state index in [1.165, 1.54) is 4.90 Å². The monoisotopic (exact) mass is 537 g/mol. The molecule has 1 fully saturated rings. The molecule has 9 heteroatoms. The van der Waals surface area contributed by atoms with Gasteiger partial charge in [0.05, 0.1) is 17.9 Å². The van der Waals surface area contributed by atoms with E-state index in [1.54, 1.807) is 36.8 Å². The fourth-order valence-electron chi connectivity index (χ4n) is 5.02. The van der Waals surface area contributed by atoms with Crippen molar-refractivity contribution in [3.05, 3.63) is 108 Å². The molecular weight excluding hydrogens is 510 g/mol. The lowest BCUT2D eigenvalue weighted by molar-refractivity contribution is -0.139. The Labute approximate surface area is 230 Å². The number of aliphatic hydroxyl groups is 1. The van der Waals surface area contributed by atoms with E-state index in [0.29, 0.717) is 66.8 Å². The maximum Gasteiger partial charge on any atom is 0.295 e. The molecule has 0 unspecified atom stereocenters. The summed E-state index contributed by atoms with van der Waals surface area (Å²) >= 11 is 0. The van der Waals surface area contributed by atoms with Crippen molar-refractivity contribution in [2.45, 2.75) is 19.0 Å². The van der Waals surface area contributed by atoms with E-state index < -0.39 is 17.7 Å². The standard InChI is InChI=1S/C31H27N3O6/c35-29(22-10-11-25-26(19-22)39-17-16-38-25)27-28(21-6-4-9-24(18-21)40-23-7-2-1-3-8-23)34(31(37)30(27)36)14-5-13-33-15-12-32-20-33/h1-4,6-12,15,18-20,28,35H,5,13-14,16-17H2/b29-27+/t28-/m1/s1. The van der Waals surface area contributed by atoms with E-state index in [4.69, 9.17) is 14.2 Å². The zero-order valence-electron chi connectivity index (χ0n) is 21.6. The number of aliphatic hydroxyl groups excluding tert-OH is 1. The summed E-state index contributed by atoms with van der Waals surface area (Å²) < 4.78 is 19.2. The van der Waals surface area contributed by atoms with Gasteiger partial charge in [0, 0.05) is 31.0 Å². The van der Waals surface area contributed by atoms with Gasteiger partial charge in [0.1, 0.15) is 30.5 Å². The zero-order valence-corrected chi connectivity index (χ0v) is 21.6. The topological polar surface area (TPSA) is 103 Å². The summed E-state index contributed by atoms with van der Waals surface area (Å²) in [6.45, 7) is 1.74. The number of nitrogens with zero attached hydrogens (tertiary/aromatic N) is 3. The molecule has 2 aliphatic heterocycles. The predicted octanol–water partition coefficient (Wildman–Crippen LogP) is 4.96. The molecule has 1 aromatic heterocycles. The fourth-order valence-corrected chi connectivity index (χ4v) is 5.02. The summed E-state index contributed by atoms with van der Waals surface area (Å²) in [4.78, 5) is 32.4. The molecule has 0 bridgehead atoms. The van der Waals surface area contributed by atoms with Gasteiger partial charge in [-0.05, 0) is 54.4 Å². The maximum atomic E-state index is 13.5. The number of hydrogen-bond acceptors (Lipinski definition) is 7. The van der Waals surface area contributed by atoms with Crippen LogP contribution in [0.2, 0.25) is 0 Å². The molecule has 1 atom stereocenters. The van der Waals surface area contributed by atoms with E-state index in [1.807, 2.05) is 59.3 Å². The van der Waals surface area contributed by atoms with Crippen LogP contribution in [0.4, 0.5) is 0 Å². The van der Waals surface area contributed by atoms with Gasteiger partial charge in [0.2, 0.25) is 0 Å². The summed E-state index contributed by atoms with van der Waals surface area (Å²) in [5.41, 5.74) is 1.03. The Morgan fingerprint density at radius 3 is 2.52 bits per heavy atom. The van der Waals surface area contributed by atoms with E-state index >= 15 is 0 Å². The average molecular weight is 538 g/mol. The molecule has 1 N–H and O–H groups in total. The van der Waals surface area contributed by atoms with Gasteiger partial charge in [-0.2, -0.15) is 0 Å². The van der Waals surface area contributed by atoms with E-state index in [-0.39, 0.29) is 11.3 Å². The lowest BCUT2D eigenvalue weighted by atomic mass is 9.95. The van der Waals surface area contributed by atoms with Crippen molar-refractivity contribution in [1.82, 2.24) is 14.5 Å². The van der Waals surface area contributed by atoms with Gasteiger partial charge < -0.3 is 28.8 Å². The molecule has 40 heavy (non-hydrogen) atoms. The van der Waals surface area contributed by atoms with E-state index in [0.717, 1.165) is 0 Å². The van der Waals surface area contributed by atoms with Gasteiger partial charge in [-0.25, -0.2) is 4.98 Å². The highest BCUT2D eigenvalue weighted by Crippen LogP contribution is 2.42. The molecule has 1 saturated heterocycles. The summed E-state index contributed by atoms with van der Waals surface area (Å²) in [6.07, 6.45) is 5.83. The second-order valence-corrected chi connectivity index (χ2v) is 9.49. The van der Waals surface area contributed by atoms with Gasteiger partial charge in [-0.1, -0.05) is 30.3 Å². The highest BCUT2D eigenvalue weighted by atomic mass is 16.6. The van der Waals surface area contributed by atoms with E-state index in [9.17, 15) is 14.7 Å². The largest absolute Gasteiger partial charge is 0.507 e. The first kappa shape index (κ1) is 25.2. The quantitative estimate of drug-likeness (QED) is 0.193. The van der Waals surface area contributed by atoms with Gasteiger partial charge in [0.15, 0.2) is 11.5 Å². The number of carbonyl (C=O) groups excluding carboxylic acids is 2. The summed E-state index contributed by atoms with van der Waals surface area (Å²) in [5.74, 6) is 0.562. The van der Waals surface area contributed by atoms with Crippen LogP contribution < -0.4 is 14.2 Å². The maximum absolute atomic E-state index is 13.5. The van der Waals surface area contributed by atoms with Crippen molar-refractivity contribution in [2.24, 2.45) is 0 Å². The number of aryl methyl sites for hydroxylation is 1. The minimum atomic E-state index is -0.810. The number of likely N-dealkylation sites (tertiary alicyclic amines) is 1. The SMILES string of the molecule is O=C1C(=O)N(CCCn2ccnc2)[C@H](c2cccc(Oc3ccccc3)c2)/C1=C(\O)c1ccc2c(c1)OCCO2. The Morgan fingerprint density at radius 1 is 0.925 bits per heavy atom. The number of fused-ring (bicyclic) bond motifs is 1. The van der Waals surface area contributed by atoms with Gasteiger partial charge in [-0.15, -0.1) is 0 Å². The van der Waals surface area contributed by atoms with Gasteiger partial charge in [-0.3, -0.25) is 9.59 Å². The summed E-state index contributed by atoms with van der Waals surface area (Å²) in [6, 6.07) is 20.7. The van der Waals surface area contributed by atoms with Crippen molar-refractivity contribution in [3.63, 3.8) is 0 Å². The third-order valence-corrected chi connectivity index (χ3v) is 6.88. The number of benzene rings is 3. The number of aromatic nitrogens is 2. The lowest BCUT2D eigenvalue weighted by Gasteiger charge is -2.26. The van der Waals surface area contributed by atoms with Gasteiger partial charge >= 0.3 is 0 Å². The smallest absolute Gasteiger partial charge is 0.295 e. The first-order valence-electron chi connectivity index (χ1n) is 13.1. The Bertz CT molecular complexity index is 1570. The van der Waals surface area contributed by atoms with Crippen molar-refractivity contribution >= 4 is 17.4 Å². The molecule has 0 radical (unpaired) electrons. The second kappa shape index (κ2) is 11.0. The van der Waals surface area contributed by atoms with Crippen molar-refractivity contribution in [1.29, 1.82) is 0 Å². The zero-order chi connectivity index (χ0) is 27.5. The van der Waals surface area contributed by atoms with Crippen molar-refractivity contribution < 1.29 is 28.9 Å². The number of para-hydroxylation sites is 1. The fraction of sp³-hybridized carbons (Fsp3) is 0.194. The normalized spacial score (nSPS) is 17.7. The molecule has 1 amide bonds. The van der Waals surface area contributed by atoms with Crippen molar-refractivity contribution in [3.8, 4) is 23.0 Å². The first-order valence-corrected chi connectivity index (χ1v) is 13.1. The third-order valence-electron chi connectivity index (χ3n) is 6.88. The lowest BCUT2D eigenvalue weighted by Crippen LogP contribution is -2.31. The molecule has 3 heterocycles. The highest BCUT2D eigenvalue weighted by molar-refractivity contribution is 6.46.